The van der Waals surface area contributed by atoms with Crippen molar-refractivity contribution in [2.24, 2.45) is 0 Å². The van der Waals surface area contributed by atoms with Gasteiger partial charge in [0, 0.05) is 0 Å². The van der Waals surface area contributed by atoms with E-state index in [0.29, 0.717) is 0 Å². The molecule has 0 fully saturated rings. The molecule has 0 unspecified atom stereocenters. The van der Waals surface area contributed by atoms with Crippen molar-refractivity contribution >= 4 is 6.04 Å². The van der Waals surface area contributed by atoms with Crippen LogP contribution in [0.15, 0.2) is 18.2 Å². The van der Waals surface area contributed by atoms with E-state index in [4.69, 9.17) is 0 Å². The van der Waals surface area contributed by atoms with Crippen LogP contribution in [0.5, 0.6) is 0 Å². The van der Waals surface area contributed by atoms with Gasteiger partial charge in [0.2, 0.25) is 0 Å². The molecule has 11 heavy (non-hydrogen) atoms. The van der Waals surface area contributed by atoms with Gasteiger partial charge in [-0.3, -0.25) is 4.79 Å². The van der Waals surface area contributed by atoms with E-state index in [1.807, 2.05) is 13.0 Å². The van der Waals surface area contributed by atoms with Crippen molar-refractivity contribution in [2.45, 2.75) is 13.8 Å². The quantitative estimate of drug-likeness (QED) is 0.565. The zero-order chi connectivity index (χ0) is 8.43. The average Bonchev–Trinajstić information content (AvgIpc) is 1.94. The monoisotopic (exact) mass is 152 g/mol. The standard InChI is InChI=1S/C9H9FO/c1-6-4-3-5-8(7(6)2)9(10)11/h3-5H,1-2H3. The van der Waals surface area contributed by atoms with E-state index in [9.17, 15) is 9.18 Å². The Labute approximate surface area is 64.9 Å². The summed E-state index contributed by atoms with van der Waals surface area (Å²) in [5, 5.41) is 0. The van der Waals surface area contributed by atoms with Gasteiger partial charge in [-0.15, -0.1) is 0 Å². The van der Waals surface area contributed by atoms with Gasteiger partial charge in [-0.2, -0.15) is 4.39 Å². The lowest BCUT2D eigenvalue weighted by molar-refractivity contribution is 0.0835. The first-order valence-corrected chi connectivity index (χ1v) is 3.39. The zero-order valence-corrected chi connectivity index (χ0v) is 6.52. The van der Waals surface area contributed by atoms with Crippen molar-refractivity contribution in [3.8, 4) is 0 Å². The third-order valence-corrected chi connectivity index (χ3v) is 1.82. The average molecular weight is 152 g/mol. The SMILES string of the molecule is Cc1cccc(C(=O)F)c1C. The molecule has 0 N–H and O–H groups in total. The Morgan fingerprint density at radius 2 is 2.00 bits per heavy atom. The number of benzene rings is 1. The molecule has 1 aromatic rings. The van der Waals surface area contributed by atoms with Crippen LogP contribution < -0.4 is 0 Å². The van der Waals surface area contributed by atoms with Crippen LogP contribution in [0.25, 0.3) is 0 Å². The van der Waals surface area contributed by atoms with E-state index in [-0.39, 0.29) is 5.56 Å². The summed E-state index contributed by atoms with van der Waals surface area (Å²) >= 11 is 0. The fraction of sp³-hybridized carbons (Fsp3) is 0.222. The van der Waals surface area contributed by atoms with Gasteiger partial charge in [0.25, 0.3) is 0 Å². The second-order valence-electron chi connectivity index (χ2n) is 2.52. The van der Waals surface area contributed by atoms with E-state index in [1.54, 1.807) is 13.0 Å². The summed E-state index contributed by atoms with van der Waals surface area (Å²) in [4.78, 5) is 10.4. The van der Waals surface area contributed by atoms with E-state index < -0.39 is 6.04 Å². The minimum atomic E-state index is -1.36. The van der Waals surface area contributed by atoms with E-state index in [2.05, 4.69) is 0 Å². The van der Waals surface area contributed by atoms with Gasteiger partial charge in [-0.1, -0.05) is 12.1 Å². The molecule has 0 bridgehead atoms. The summed E-state index contributed by atoms with van der Waals surface area (Å²) in [6, 6.07) is 3.66. The molecule has 0 heterocycles. The molecular weight excluding hydrogens is 143 g/mol. The summed E-state index contributed by atoms with van der Waals surface area (Å²) < 4.78 is 12.2. The van der Waals surface area contributed by atoms with Crippen LogP contribution in [-0.4, -0.2) is 6.04 Å². The molecule has 0 amide bonds. The molecule has 0 aliphatic carbocycles. The maximum absolute atomic E-state index is 12.2. The first kappa shape index (κ1) is 7.92. The number of hydrogen-bond donors (Lipinski definition) is 0. The largest absolute Gasteiger partial charge is 0.332 e. The van der Waals surface area contributed by atoms with Gasteiger partial charge >= 0.3 is 6.04 Å². The molecular formula is C9H9FO. The molecule has 0 aromatic heterocycles. The Morgan fingerprint density at radius 3 is 2.45 bits per heavy atom. The molecule has 1 aromatic carbocycles. The Bertz CT molecular complexity index is 292. The normalized spacial score (nSPS) is 9.73. The molecule has 1 nitrogen and oxygen atoms in total. The Hall–Kier alpha value is -1.18. The molecule has 58 valence electrons. The van der Waals surface area contributed by atoms with E-state index >= 15 is 0 Å². The van der Waals surface area contributed by atoms with Crippen LogP contribution >= 0.6 is 0 Å². The molecule has 0 saturated heterocycles. The van der Waals surface area contributed by atoms with Crippen molar-refractivity contribution in [3.63, 3.8) is 0 Å². The van der Waals surface area contributed by atoms with E-state index in [0.717, 1.165) is 11.1 Å². The summed E-state index contributed by atoms with van der Waals surface area (Å²) in [5.41, 5.74) is 1.83. The Morgan fingerprint density at radius 1 is 1.36 bits per heavy atom. The van der Waals surface area contributed by atoms with E-state index in [1.165, 1.54) is 6.07 Å². The number of rotatable bonds is 1. The minimum Gasteiger partial charge on any atom is -0.255 e. The van der Waals surface area contributed by atoms with Crippen molar-refractivity contribution in [2.75, 3.05) is 0 Å². The van der Waals surface area contributed by atoms with Crippen LogP contribution in [-0.2, 0) is 0 Å². The van der Waals surface area contributed by atoms with Crippen LogP contribution in [0.2, 0.25) is 0 Å². The first-order valence-electron chi connectivity index (χ1n) is 3.39. The van der Waals surface area contributed by atoms with Crippen molar-refractivity contribution in [3.05, 3.63) is 34.9 Å². The summed E-state index contributed by atoms with van der Waals surface area (Å²) in [5.74, 6) is 0. The Balaban J connectivity index is 3.27. The molecule has 0 spiro atoms. The number of aryl methyl sites for hydroxylation is 1. The van der Waals surface area contributed by atoms with Crippen molar-refractivity contribution in [1.82, 2.24) is 0 Å². The van der Waals surface area contributed by atoms with Gasteiger partial charge in [0.05, 0.1) is 5.56 Å². The highest BCUT2D eigenvalue weighted by Gasteiger charge is 2.07. The van der Waals surface area contributed by atoms with Crippen LogP contribution in [0.1, 0.15) is 21.5 Å². The maximum atomic E-state index is 12.2. The number of carbonyl (C=O) groups is 1. The number of halogens is 1. The summed E-state index contributed by atoms with van der Waals surface area (Å²) in [6.45, 7) is 3.59. The molecule has 0 radical (unpaired) electrons. The third-order valence-electron chi connectivity index (χ3n) is 1.82. The van der Waals surface area contributed by atoms with Crippen molar-refractivity contribution < 1.29 is 9.18 Å². The topological polar surface area (TPSA) is 17.1 Å². The van der Waals surface area contributed by atoms with Gasteiger partial charge in [0.15, 0.2) is 0 Å². The number of hydrogen-bond acceptors (Lipinski definition) is 1. The van der Waals surface area contributed by atoms with Crippen molar-refractivity contribution in [1.29, 1.82) is 0 Å². The summed E-state index contributed by atoms with van der Waals surface area (Å²) in [6.07, 6.45) is 0. The smallest absolute Gasteiger partial charge is 0.255 e. The highest BCUT2D eigenvalue weighted by atomic mass is 19.1. The molecule has 0 aliphatic rings. The lowest BCUT2D eigenvalue weighted by Gasteiger charge is -2.01. The van der Waals surface area contributed by atoms with Crippen LogP contribution in [0.4, 0.5) is 4.39 Å². The molecule has 0 aliphatic heterocycles. The van der Waals surface area contributed by atoms with Gasteiger partial charge in [-0.05, 0) is 31.0 Å². The maximum Gasteiger partial charge on any atom is 0.332 e. The molecule has 0 atom stereocenters. The summed E-state index contributed by atoms with van der Waals surface area (Å²) in [7, 11) is 0. The molecule has 2 heteroatoms. The predicted octanol–water partition coefficient (Wildman–Crippen LogP) is 2.41. The van der Waals surface area contributed by atoms with Crippen LogP contribution in [0, 0.1) is 13.8 Å². The zero-order valence-electron chi connectivity index (χ0n) is 6.52. The fourth-order valence-corrected chi connectivity index (χ4v) is 0.964. The predicted molar refractivity (Wildman–Crippen MR) is 41.4 cm³/mol. The van der Waals surface area contributed by atoms with Crippen LogP contribution in [0.3, 0.4) is 0 Å². The minimum absolute atomic E-state index is 0.171. The fourth-order valence-electron chi connectivity index (χ4n) is 0.964. The molecule has 0 saturated carbocycles. The Kier molecular flexibility index (Phi) is 2.03. The lowest BCUT2D eigenvalue weighted by atomic mass is 10.0. The van der Waals surface area contributed by atoms with Gasteiger partial charge in [0.1, 0.15) is 0 Å². The highest BCUT2D eigenvalue weighted by Crippen LogP contribution is 2.13. The van der Waals surface area contributed by atoms with Gasteiger partial charge < -0.3 is 0 Å². The second kappa shape index (κ2) is 2.82. The first-order chi connectivity index (χ1) is 5.13. The second-order valence-corrected chi connectivity index (χ2v) is 2.52. The molecule has 1 rings (SSSR count). The number of carbonyl (C=O) groups excluding carboxylic acids is 1. The van der Waals surface area contributed by atoms with Gasteiger partial charge in [-0.25, -0.2) is 0 Å². The lowest BCUT2D eigenvalue weighted by Crippen LogP contribution is -1.95. The third kappa shape index (κ3) is 1.45. The highest BCUT2D eigenvalue weighted by molar-refractivity contribution is 5.90.